The van der Waals surface area contributed by atoms with Gasteiger partial charge in [-0.2, -0.15) is 0 Å². The average Bonchev–Trinajstić information content (AvgIpc) is 3.80. The van der Waals surface area contributed by atoms with Crippen LogP contribution in [-0.2, 0) is 0 Å². The molecule has 14 heteroatoms. The van der Waals surface area contributed by atoms with Crippen LogP contribution in [0.15, 0.2) is 354 Å². The van der Waals surface area contributed by atoms with Gasteiger partial charge in [-0.05, 0) is 155 Å². The van der Waals surface area contributed by atoms with E-state index in [1.54, 1.807) is 62.0 Å². The van der Waals surface area contributed by atoms with Gasteiger partial charge in [0.15, 0.2) is 5.65 Å². The lowest BCUT2D eigenvalue weighted by Gasteiger charge is -1.91. The molecule has 0 unspecified atom stereocenters. The van der Waals surface area contributed by atoms with E-state index in [2.05, 4.69) is 118 Å². The van der Waals surface area contributed by atoms with Crippen LogP contribution in [-0.4, -0.2) is 69.8 Å². The fourth-order valence-corrected chi connectivity index (χ4v) is 8.65. The fourth-order valence-electron chi connectivity index (χ4n) is 8.65. The third kappa shape index (κ3) is 18.7. The maximum absolute atomic E-state index is 4.18. The van der Waals surface area contributed by atoms with Crippen molar-refractivity contribution in [2.75, 3.05) is 0 Å². The van der Waals surface area contributed by atoms with Crippen LogP contribution in [0.1, 0.15) is 0 Å². The fraction of sp³-hybridized carbons (Fsp3) is 0. The van der Waals surface area contributed by atoms with Gasteiger partial charge in [0, 0.05) is 162 Å². The van der Waals surface area contributed by atoms with Crippen LogP contribution in [0.2, 0.25) is 0 Å². The highest BCUT2D eigenvalue weighted by Crippen LogP contribution is 2.14. The quantitative estimate of drug-likeness (QED) is 0.140. The number of aromatic nitrogens is 14. The number of pyridine rings is 14. The first-order valence-corrected chi connectivity index (χ1v) is 28.6. The van der Waals surface area contributed by atoms with Gasteiger partial charge in [-0.3, -0.25) is 59.8 Å². The van der Waals surface area contributed by atoms with E-state index >= 15 is 0 Å². The van der Waals surface area contributed by atoms with Crippen molar-refractivity contribution in [2.24, 2.45) is 0 Å². The van der Waals surface area contributed by atoms with Crippen molar-refractivity contribution in [3.63, 3.8) is 0 Å². The van der Waals surface area contributed by atoms with Gasteiger partial charge in [0.05, 0.1) is 33.1 Å². The van der Waals surface area contributed by atoms with Gasteiger partial charge in [0.2, 0.25) is 0 Å². The Kier molecular flexibility index (Phi) is 22.6. The van der Waals surface area contributed by atoms with Crippen molar-refractivity contribution >= 4 is 98.0 Å². The van der Waals surface area contributed by atoms with Crippen molar-refractivity contribution in [2.45, 2.75) is 0 Å². The van der Waals surface area contributed by atoms with E-state index in [4.69, 9.17) is 0 Å². The molecule has 0 N–H and O–H groups in total. The Morgan fingerprint density at radius 3 is 0.700 bits per heavy atom. The number of benzene rings is 4. The van der Waals surface area contributed by atoms with Gasteiger partial charge in [0.1, 0.15) is 0 Å². The van der Waals surface area contributed by atoms with E-state index in [1.807, 2.05) is 244 Å². The Hall–Kier alpha value is -12.7. The van der Waals surface area contributed by atoms with Crippen LogP contribution >= 0.6 is 0 Å². The highest BCUT2D eigenvalue weighted by atomic mass is 14.8. The smallest absolute Gasteiger partial charge is 0.159 e. The van der Waals surface area contributed by atoms with Gasteiger partial charge in [-0.1, -0.05) is 97.1 Å². The van der Waals surface area contributed by atoms with Gasteiger partial charge < -0.3 is 0 Å². The minimum Gasteiger partial charge on any atom is -0.264 e. The van der Waals surface area contributed by atoms with E-state index in [9.17, 15) is 0 Å². The Morgan fingerprint density at radius 1 is 0.133 bits per heavy atom. The molecule has 18 aromatic rings. The monoisotopic (exact) mass is 1170 g/mol. The lowest BCUT2D eigenvalue weighted by atomic mass is 10.2. The Bertz CT molecular complexity index is 3510. The third-order valence-corrected chi connectivity index (χ3v) is 13.1. The second-order valence-electron chi connectivity index (χ2n) is 19.2. The largest absolute Gasteiger partial charge is 0.264 e. The van der Waals surface area contributed by atoms with Crippen molar-refractivity contribution in [1.29, 1.82) is 0 Å². The van der Waals surface area contributed by atoms with Crippen molar-refractivity contribution in [3.8, 4) is 0 Å². The van der Waals surface area contributed by atoms with Crippen LogP contribution in [0.25, 0.3) is 98.0 Å². The van der Waals surface area contributed by atoms with Crippen molar-refractivity contribution < 1.29 is 0 Å². The molecule has 432 valence electrons. The average molecular weight is 1170 g/mol. The van der Waals surface area contributed by atoms with E-state index in [-0.39, 0.29) is 0 Å². The molecule has 0 amide bonds. The maximum Gasteiger partial charge on any atom is 0.159 e. The van der Waals surface area contributed by atoms with Gasteiger partial charge in [-0.15, -0.1) is 0 Å². The molecule has 14 nitrogen and oxygen atoms in total. The summed E-state index contributed by atoms with van der Waals surface area (Å²) >= 11 is 0. The zero-order chi connectivity index (χ0) is 61.3. The summed E-state index contributed by atoms with van der Waals surface area (Å²) < 4.78 is 0. The first-order valence-electron chi connectivity index (χ1n) is 28.6. The summed E-state index contributed by atoms with van der Waals surface area (Å²) in [6.07, 6.45) is 35.9. The zero-order valence-electron chi connectivity index (χ0n) is 48.7. The lowest BCUT2D eigenvalue weighted by Crippen LogP contribution is -1.78. The number of hydrogen-bond donors (Lipinski definition) is 0. The van der Waals surface area contributed by atoms with Crippen LogP contribution in [0.5, 0.6) is 0 Å². The topological polar surface area (TPSA) is 180 Å². The summed E-state index contributed by atoms with van der Waals surface area (Å²) in [4.78, 5) is 57.0. The molecule has 0 radical (unpaired) electrons. The second-order valence-corrected chi connectivity index (χ2v) is 19.2. The molecular weight excluding hydrogens is 1110 g/mol. The normalized spacial score (nSPS) is 10.0. The Balaban J connectivity index is 0.000000111. The van der Waals surface area contributed by atoms with E-state index in [0.29, 0.717) is 0 Å². The Labute approximate surface area is 519 Å². The van der Waals surface area contributed by atoms with Crippen LogP contribution in [0.4, 0.5) is 0 Å². The van der Waals surface area contributed by atoms with Gasteiger partial charge in [-0.25, -0.2) is 9.97 Å². The molecule has 18 rings (SSSR count). The molecule has 0 saturated carbocycles. The van der Waals surface area contributed by atoms with E-state index < -0.39 is 0 Å². The summed E-state index contributed by atoms with van der Waals surface area (Å²) in [5.74, 6) is 0. The second kappa shape index (κ2) is 33.7. The van der Waals surface area contributed by atoms with Crippen molar-refractivity contribution in [3.05, 3.63) is 354 Å². The number of fused-ring (bicyclic) bond motifs is 9. The van der Waals surface area contributed by atoms with Gasteiger partial charge >= 0.3 is 0 Å². The van der Waals surface area contributed by atoms with Crippen LogP contribution in [0, 0.1) is 0 Å². The molecule has 0 aliphatic rings. The predicted molar refractivity (Wildman–Crippen MR) is 365 cm³/mol. The molecule has 90 heavy (non-hydrogen) atoms. The third-order valence-electron chi connectivity index (χ3n) is 13.1. The van der Waals surface area contributed by atoms with Crippen LogP contribution in [0.3, 0.4) is 0 Å². The van der Waals surface area contributed by atoms with Gasteiger partial charge in [0.25, 0.3) is 0 Å². The molecular formula is C76H58N14. The first kappa shape index (κ1) is 60.4. The molecule has 0 spiro atoms. The van der Waals surface area contributed by atoms with Crippen LogP contribution < -0.4 is 0 Å². The summed E-state index contributed by atoms with van der Waals surface area (Å²) in [6, 6.07) is 75.5. The molecule has 0 saturated heterocycles. The molecule has 0 aliphatic carbocycles. The number of nitrogens with zero attached hydrogens (tertiary/aromatic N) is 14. The standard InChI is InChI=1S/4C9H7N.5C8H6N2/c2*1-2-6-9-8(4-1)5-3-7-10-9;2*1-2-4-9-7-10-6-5-8(9)3-1;1-3-9-6-8-2-4-10-5-7(1)8;1-3-7-8(9-5-1)4-2-6-10-7;1-3-7-4-2-6-10-8(7)9-5-1;2*1-2-7-6-9-5-3-8(7)10-4-1/h4*1-7H;5*1-6H. The zero-order valence-corrected chi connectivity index (χ0v) is 48.7. The highest BCUT2D eigenvalue weighted by molar-refractivity contribution is 5.83. The molecule has 0 bridgehead atoms. The molecule has 0 atom stereocenters. The summed E-state index contributed by atoms with van der Waals surface area (Å²) in [5.41, 5.74) is 6.82. The lowest BCUT2D eigenvalue weighted by molar-refractivity contribution is 1.29. The van der Waals surface area contributed by atoms with E-state index in [0.717, 1.165) is 65.7 Å². The highest BCUT2D eigenvalue weighted by Gasteiger charge is 1.94. The number of para-hydroxylation sites is 2. The molecule has 0 aliphatic heterocycles. The number of hydrogen-bond acceptors (Lipinski definition) is 14. The molecule has 14 heterocycles. The molecule has 14 aromatic heterocycles. The predicted octanol–water partition coefficient (Wildman–Crippen LogP) is 17.1. The first-order chi connectivity index (χ1) is 44.7. The minimum atomic E-state index is 0.810. The Morgan fingerprint density at radius 2 is 0.356 bits per heavy atom. The minimum absolute atomic E-state index is 0.810. The maximum atomic E-state index is 4.18. The number of rotatable bonds is 0. The van der Waals surface area contributed by atoms with E-state index in [1.165, 1.54) is 32.3 Å². The SMILES string of the molecule is c1cc2cnccc2cn1.c1ccc2cnccc2c1.c1ccc2cnccc2c1.c1ccc2ncccc2c1.c1ccc2ncccc2c1.c1cnc2cccnc2c1.c1cnc2ccncc2c1.c1cnc2ccncc2c1.c1cnc2ncccc2c1. The molecule has 0 fully saturated rings. The molecule has 4 aromatic carbocycles. The van der Waals surface area contributed by atoms with Crippen molar-refractivity contribution in [1.82, 2.24) is 69.8 Å². The summed E-state index contributed by atoms with van der Waals surface area (Å²) in [7, 11) is 0. The summed E-state index contributed by atoms with van der Waals surface area (Å²) in [5, 5.41) is 12.8. The summed E-state index contributed by atoms with van der Waals surface area (Å²) in [6.45, 7) is 0.